The van der Waals surface area contributed by atoms with Gasteiger partial charge in [0.25, 0.3) is 0 Å². The molecule has 0 amide bonds. The van der Waals surface area contributed by atoms with Crippen molar-refractivity contribution in [1.82, 2.24) is 4.90 Å². The summed E-state index contributed by atoms with van der Waals surface area (Å²) in [4.78, 5) is 6.97. The van der Waals surface area contributed by atoms with Crippen molar-refractivity contribution in [3.05, 3.63) is 82.5 Å². The van der Waals surface area contributed by atoms with Gasteiger partial charge in [-0.2, -0.15) is 0 Å². The Morgan fingerprint density at radius 3 is 2.82 bits per heavy atom. The van der Waals surface area contributed by atoms with Crippen molar-refractivity contribution in [2.24, 2.45) is 10.9 Å². The number of aliphatic hydroxyl groups is 1. The van der Waals surface area contributed by atoms with E-state index in [1.807, 2.05) is 48.7 Å². The van der Waals surface area contributed by atoms with Crippen molar-refractivity contribution >= 4 is 17.5 Å². The lowest BCUT2D eigenvalue weighted by Gasteiger charge is -2.38. The van der Waals surface area contributed by atoms with Crippen LogP contribution >= 0.6 is 11.6 Å². The average molecular weight is 479 g/mol. The van der Waals surface area contributed by atoms with Gasteiger partial charge in [-0.05, 0) is 62.0 Å². The van der Waals surface area contributed by atoms with Crippen LogP contribution in [-0.2, 0) is 12.0 Å². The summed E-state index contributed by atoms with van der Waals surface area (Å²) in [6, 6.07) is 13.6. The minimum Gasteiger partial charge on any atom is -0.496 e. The van der Waals surface area contributed by atoms with Gasteiger partial charge in [0.05, 0.1) is 18.6 Å². The van der Waals surface area contributed by atoms with Gasteiger partial charge < -0.3 is 19.5 Å². The van der Waals surface area contributed by atoms with Crippen LogP contribution in [0.5, 0.6) is 11.5 Å². The largest absolute Gasteiger partial charge is 0.496 e. The van der Waals surface area contributed by atoms with E-state index in [4.69, 9.17) is 21.1 Å². The number of piperidine rings is 1. The molecule has 0 aromatic heterocycles. The first-order valence-corrected chi connectivity index (χ1v) is 12.4. The second kappa shape index (κ2) is 9.95. The van der Waals surface area contributed by atoms with Crippen LogP contribution < -0.4 is 9.47 Å². The van der Waals surface area contributed by atoms with Crippen LogP contribution in [0.2, 0.25) is 5.02 Å². The minimum absolute atomic E-state index is 0.161. The van der Waals surface area contributed by atoms with E-state index in [-0.39, 0.29) is 5.92 Å². The Balaban J connectivity index is 1.20. The number of aliphatic imine (C=N–C) groups is 1. The van der Waals surface area contributed by atoms with E-state index in [0.29, 0.717) is 17.9 Å². The first kappa shape index (κ1) is 23.2. The Hall–Kier alpha value is -2.60. The van der Waals surface area contributed by atoms with Gasteiger partial charge >= 0.3 is 0 Å². The molecule has 1 unspecified atom stereocenters. The summed E-state index contributed by atoms with van der Waals surface area (Å²) in [6.07, 6.45) is 10.4. The average Bonchev–Trinajstić information content (AvgIpc) is 3.05. The van der Waals surface area contributed by atoms with Crippen LogP contribution in [-0.4, -0.2) is 42.6 Å². The molecule has 0 bridgehead atoms. The number of hydrogen-bond donors (Lipinski definition) is 1. The number of methoxy groups -OCH3 is 1. The molecule has 1 saturated heterocycles. The normalized spacial score (nSPS) is 22.9. The number of rotatable bonds is 5. The Kier molecular flexibility index (Phi) is 6.77. The number of hydrogen-bond acceptors (Lipinski definition) is 5. The van der Waals surface area contributed by atoms with Gasteiger partial charge in [0.2, 0.25) is 5.90 Å². The van der Waals surface area contributed by atoms with Gasteiger partial charge in [0.1, 0.15) is 11.5 Å². The molecule has 2 aromatic carbocycles. The van der Waals surface area contributed by atoms with Gasteiger partial charge in [-0.15, -0.1) is 0 Å². The fourth-order valence-corrected chi connectivity index (χ4v) is 5.60. The molecule has 5 nitrogen and oxygen atoms in total. The highest BCUT2D eigenvalue weighted by atomic mass is 35.5. The molecule has 178 valence electrons. The zero-order valence-electron chi connectivity index (χ0n) is 19.5. The molecule has 0 spiro atoms. The van der Waals surface area contributed by atoms with Gasteiger partial charge in [-0.1, -0.05) is 41.9 Å². The molecule has 3 heterocycles. The molecule has 5 rings (SSSR count). The van der Waals surface area contributed by atoms with Crippen LogP contribution in [0.25, 0.3) is 0 Å². The first-order chi connectivity index (χ1) is 16.6. The highest BCUT2D eigenvalue weighted by Gasteiger charge is 2.35. The summed E-state index contributed by atoms with van der Waals surface area (Å²) in [5, 5.41) is 11.8. The smallest absolute Gasteiger partial charge is 0.202 e. The molecule has 2 aromatic rings. The van der Waals surface area contributed by atoms with Gasteiger partial charge in [-0.25, -0.2) is 4.99 Å². The number of nitrogens with zero attached hydrogens (tertiary/aromatic N) is 2. The third-order valence-corrected chi connectivity index (χ3v) is 7.59. The Morgan fingerprint density at radius 2 is 2.03 bits per heavy atom. The SMILES string of the molecule is COc1cccc2c1CCC1C(=CCCN3CCC(O)(c4ccccc4Cl)CC3)C=CN=C1O2. The van der Waals surface area contributed by atoms with Crippen molar-refractivity contribution in [3.63, 3.8) is 0 Å². The number of allylic oxidation sites excluding steroid dienone is 1. The molecule has 0 radical (unpaired) electrons. The highest BCUT2D eigenvalue weighted by molar-refractivity contribution is 6.31. The van der Waals surface area contributed by atoms with Crippen molar-refractivity contribution in [1.29, 1.82) is 0 Å². The molecule has 0 saturated carbocycles. The summed E-state index contributed by atoms with van der Waals surface area (Å²) < 4.78 is 11.8. The fourth-order valence-electron chi connectivity index (χ4n) is 5.29. The third kappa shape index (κ3) is 4.65. The van der Waals surface area contributed by atoms with Gasteiger partial charge in [-0.3, -0.25) is 0 Å². The monoisotopic (exact) mass is 478 g/mol. The quantitative estimate of drug-likeness (QED) is 0.615. The third-order valence-electron chi connectivity index (χ3n) is 7.26. The van der Waals surface area contributed by atoms with E-state index >= 15 is 0 Å². The second-order valence-corrected chi connectivity index (χ2v) is 9.67. The summed E-state index contributed by atoms with van der Waals surface area (Å²) in [6.45, 7) is 2.67. The molecular formula is C28H31ClN2O3. The van der Waals surface area contributed by atoms with E-state index in [1.54, 1.807) is 7.11 Å². The molecule has 1 fully saturated rings. The van der Waals surface area contributed by atoms with Crippen LogP contribution in [0.4, 0.5) is 0 Å². The summed E-state index contributed by atoms with van der Waals surface area (Å²) in [7, 11) is 1.70. The minimum atomic E-state index is -0.835. The maximum absolute atomic E-state index is 11.2. The molecule has 1 atom stereocenters. The number of halogens is 1. The van der Waals surface area contributed by atoms with Crippen LogP contribution in [0.1, 0.15) is 36.8 Å². The van der Waals surface area contributed by atoms with E-state index in [1.165, 1.54) is 5.57 Å². The van der Waals surface area contributed by atoms with Crippen molar-refractivity contribution in [3.8, 4) is 11.5 Å². The number of benzene rings is 2. The standard InChI is InChI=1S/C28H31ClN2O3/c1-33-25-9-4-10-26-22(25)12-11-21-20(13-16-30-27(21)34-26)6-5-17-31-18-14-28(32,15-19-31)23-7-2-3-8-24(23)29/h2-4,6-10,13,16,21,32H,5,11-12,14-15,17-19H2,1H3. The zero-order valence-corrected chi connectivity index (χ0v) is 20.3. The summed E-state index contributed by atoms with van der Waals surface area (Å²) in [5.74, 6) is 2.64. The topological polar surface area (TPSA) is 54.3 Å². The summed E-state index contributed by atoms with van der Waals surface area (Å²) >= 11 is 6.35. The van der Waals surface area contributed by atoms with Gasteiger partial charge in [0.15, 0.2) is 0 Å². The molecule has 34 heavy (non-hydrogen) atoms. The number of ether oxygens (including phenoxy) is 2. The molecule has 3 aliphatic heterocycles. The second-order valence-electron chi connectivity index (χ2n) is 9.26. The van der Waals surface area contributed by atoms with Crippen molar-refractivity contribution < 1.29 is 14.6 Å². The Labute approximate surface area is 206 Å². The fraction of sp³-hybridized carbons (Fsp3) is 0.393. The predicted molar refractivity (Wildman–Crippen MR) is 136 cm³/mol. The van der Waals surface area contributed by atoms with Crippen LogP contribution in [0, 0.1) is 5.92 Å². The lowest BCUT2D eigenvalue weighted by Crippen LogP contribution is -2.43. The van der Waals surface area contributed by atoms with E-state index in [0.717, 1.165) is 67.4 Å². The molecule has 1 N–H and O–H groups in total. The maximum Gasteiger partial charge on any atom is 0.202 e. The predicted octanol–water partition coefficient (Wildman–Crippen LogP) is 5.52. The molecule has 3 aliphatic rings. The summed E-state index contributed by atoms with van der Waals surface area (Å²) in [5.41, 5.74) is 2.39. The Bertz CT molecular complexity index is 1130. The van der Waals surface area contributed by atoms with E-state index in [9.17, 15) is 5.11 Å². The Morgan fingerprint density at radius 1 is 1.21 bits per heavy atom. The van der Waals surface area contributed by atoms with Gasteiger partial charge in [0, 0.05) is 42.0 Å². The van der Waals surface area contributed by atoms with Crippen molar-refractivity contribution in [2.45, 2.75) is 37.7 Å². The zero-order chi connectivity index (χ0) is 23.5. The maximum atomic E-state index is 11.2. The molecule has 0 aliphatic carbocycles. The molecular weight excluding hydrogens is 448 g/mol. The number of likely N-dealkylation sites (tertiary alicyclic amines) is 1. The lowest BCUT2D eigenvalue weighted by molar-refractivity contribution is -0.0253. The van der Waals surface area contributed by atoms with E-state index in [2.05, 4.69) is 22.0 Å². The van der Waals surface area contributed by atoms with Crippen LogP contribution in [0.15, 0.2) is 71.4 Å². The first-order valence-electron chi connectivity index (χ1n) is 12.1. The van der Waals surface area contributed by atoms with E-state index < -0.39 is 5.60 Å². The number of fused-ring (bicyclic) bond motifs is 2. The molecule has 6 heteroatoms. The van der Waals surface area contributed by atoms with Crippen LogP contribution in [0.3, 0.4) is 0 Å². The lowest BCUT2D eigenvalue weighted by atomic mass is 9.84. The van der Waals surface area contributed by atoms with Crippen molar-refractivity contribution in [2.75, 3.05) is 26.7 Å². The highest BCUT2D eigenvalue weighted by Crippen LogP contribution is 2.38.